The minimum Gasteiger partial charge on any atom is -0.399 e. The summed E-state index contributed by atoms with van der Waals surface area (Å²) in [5.74, 6) is 0.734. The Morgan fingerprint density at radius 3 is 2.80 bits per heavy atom. The molecule has 1 rings (SSSR count). The van der Waals surface area contributed by atoms with Gasteiger partial charge >= 0.3 is 0 Å². The third-order valence-electron chi connectivity index (χ3n) is 2.32. The molecule has 0 aliphatic carbocycles. The molecule has 2 heteroatoms. The predicted octanol–water partition coefficient (Wildman–Crippen LogP) is 2.45. The van der Waals surface area contributed by atoms with E-state index in [0.717, 1.165) is 31.1 Å². The lowest BCUT2D eigenvalue weighted by Crippen LogP contribution is -2.21. The molecule has 84 valence electrons. The Hall–Kier alpha value is -1.02. The van der Waals surface area contributed by atoms with Crippen molar-refractivity contribution in [3.63, 3.8) is 0 Å². The van der Waals surface area contributed by atoms with Crippen LogP contribution in [0.25, 0.3) is 0 Å². The quantitative estimate of drug-likeness (QED) is 0.554. The summed E-state index contributed by atoms with van der Waals surface area (Å²) >= 11 is 0. The minimum absolute atomic E-state index is 0.734. The molecule has 3 N–H and O–H groups in total. The summed E-state index contributed by atoms with van der Waals surface area (Å²) in [6, 6.07) is 8.15. The van der Waals surface area contributed by atoms with E-state index in [9.17, 15) is 0 Å². The highest BCUT2D eigenvalue weighted by Gasteiger charge is 1.95. The molecule has 0 fully saturated rings. The van der Waals surface area contributed by atoms with E-state index >= 15 is 0 Å². The summed E-state index contributed by atoms with van der Waals surface area (Å²) in [5.41, 5.74) is 7.91. The number of benzene rings is 1. The monoisotopic (exact) mass is 206 g/mol. The van der Waals surface area contributed by atoms with Crippen molar-refractivity contribution in [3.8, 4) is 0 Å². The molecular weight excluding hydrogens is 184 g/mol. The summed E-state index contributed by atoms with van der Waals surface area (Å²) in [4.78, 5) is 0. The molecule has 0 saturated carbocycles. The van der Waals surface area contributed by atoms with Gasteiger partial charge in [0.2, 0.25) is 0 Å². The summed E-state index contributed by atoms with van der Waals surface area (Å²) in [6.45, 7) is 6.65. The van der Waals surface area contributed by atoms with Gasteiger partial charge in [-0.2, -0.15) is 0 Å². The Balaban J connectivity index is 2.15. The van der Waals surface area contributed by atoms with Crippen LogP contribution in [0.3, 0.4) is 0 Å². The number of hydrogen-bond acceptors (Lipinski definition) is 2. The molecule has 1 aromatic carbocycles. The molecule has 0 atom stereocenters. The molecule has 0 amide bonds. The van der Waals surface area contributed by atoms with E-state index in [4.69, 9.17) is 5.73 Å². The lowest BCUT2D eigenvalue weighted by Gasteiger charge is -2.07. The summed E-state index contributed by atoms with van der Waals surface area (Å²) in [6.07, 6.45) is 2.28. The van der Waals surface area contributed by atoms with Gasteiger partial charge in [0.1, 0.15) is 0 Å². The average Bonchev–Trinajstić information content (AvgIpc) is 2.17. The van der Waals surface area contributed by atoms with E-state index in [2.05, 4.69) is 31.3 Å². The van der Waals surface area contributed by atoms with Crippen LogP contribution in [-0.4, -0.2) is 13.1 Å². The molecule has 0 aliphatic rings. The van der Waals surface area contributed by atoms with Gasteiger partial charge in [0.25, 0.3) is 0 Å². The first-order valence-electron chi connectivity index (χ1n) is 5.73. The Labute approximate surface area is 92.9 Å². The van der Waals surface area contributed by atoms with E-state index in [1.165, 1.54) is 12.0 Å². The number of nitrogen functional groups attached to an aromatic ring is 1. The molecular formula is C13H22N2. The highest BCUT2D eigenvalue weighted by Crippen LogP contribution is 2.08. The molecule has 0 heterocycles. The van der Waals surface area contributed by atoms with Gasteiger partial charge in [0.05, 0.1) is 0 Å². The van der Waals surface area contributed by atoms with E-state index in [-0.39, 0.29) is 0 Å². The zero-order valence-corrected chi connectivity index (χ0v) is 9.79. The zero-order valence-electron chi connectivity index (χ0n) is 9.79. The maximum atomic E-state index is 5.71. The molecule has 0 aliphatic heterocycles. The Morgan fingerprint density at radius 1 is 1.33 bits per heavy atom. The van der Waals surface area contributed by atoms with Crippen LogP contribution < -0.4 is 11.1 Å². The Bertz CT molecular complexity index is 282. The van der Waals surface area contributed by atoms with Crippen molar-refractivity contribution in [2.24, 2.45) is 5.92 Å². The van der Waals surface area contributed by atoms with Gasteiger partial charge in [0, 0.05) is 5.69 Å². The highest BCUT2D eigenvalue weighted by molar-refractivity contribution is 5.40. The second-order valence-corrected chi connectivity index (χ2v) is 4.45. The Morgan fingerprint density at radius 2 is 2.13 bits per heavy atom. The molecule has 15 heavy (non-hydrogen) atoms. The van der Waals surface area contributed by atoms with Crippen molar-refractivity contribution in [3.05, 3.63) is 29.8 Å². The molecule has 2 nitrogen and oxygen atoms in total. The third-order valence-corrected chi connectivity index (χ3v) is 2.32. The van der Waals surface area contributed by atoms with Gasteiger partial charge in [-0.25, -0.2) is 0 Å². The van der Waals surface area contributed by atoms with Crippen LogP contribution in [-0.2, 0) is 6.42 Å². The molecule has 0 bridgehead atoms. The fraction of sp³-hybridized carbons (Fsp3) is 0.538. The van der Waals surface area contributed by atoms with Crippen molar-refractivity contribution in [2.75, 3.05) is 18.8 Å². The van der Waals surface area contributed by atoms with Gasteiger partial charge < -0.3 is 11.1 Å². The fourth-order valence-corrected chi connectivity index (χ4v) is 1.56. The second kappa shape index (κ2) is 6.46. The number of aryl methyl sites for hydroxylation is 1. The van der Waals surface area contributed by atoms with Crippen LogP contribution in [0.1, 0.15) is 25.8 Å². The minimum atomic E-state index is 0.734. The van der Waals surface area contributed by atoms with E-state index in [0.29, 0.717) is 0 Å². The number of rotatable bonds is 6. The number of hydrogen-bond donors (Lipinski definition) is 2. The van der Waals surface area contributed by atoms with Crippen LogP contribution in [0.2, 0.25) is 0 Å². The van der Waals surface area contributed by atoms with E-state index < -0.39 is 0 Å². The van der Waals surface area contributed by atoms with Crippen molar-refractivity contribution in [1.29, 1.82) is 0 Å². The van der Waals surface area contributed by atoms with E-state index in [1.807, 2.05) is 12.1 Å². The van der Waals surface area contributed by atoms with Crippen molar-refractivity contribution >= 4 is 5.69 Å². The number of nitrogens with one attached hydrogen (secondary N) is 1. The zero-order chi connectivity index (χ0) is 11.1. The van der Waals surface area contributed by atoms with Gasteiger partial charge in [-0.1, -0.05) is 26.0 Å². The standard InChI is InChI=1S/C13H22N2/c1-11(2)10-15-8-4-6-12-5-3-7-13(14)9-12/h3,5,7,9,11,15H,4,6,8,10,14H2,1-2H3. The van der Waals surface area contributed by atoms with Crippen molar-refractivity contribution in [2.45, 2.75) is 26.7 Å². The number of anilines is 1. The first kappa shape index (κ1) is 12.1. The summed E-state index contributed by atoms with van der Waals surface area (Å²) in [7, 11) is 0. The Kier molecular flexibility index (Phi) is 5.19. The van der Waals surface area contributed by atoms with Crippen LogP contribution >= 0.6 is 0 Å². The van der Waals surface area contributed by atoms with Gasteiger partial charge in [-0.3, -0.25) is 0 Å². The summed E-state index contributed by atoms with van der Waals surface area (Å²) in [5, 5.41) is 3.44. The third kappa shape index (κ3) is 5.43. The SMILES string of the molecule is CC(C)CNCCCc1cccc(N)c1. The van der Waals surface area contributed by atoms with Gasteiger partial charge in [-0.05, 0) is 49.5 Å². The first-order valence-corrected chi connectivity index (χ1v) is 5.73. The molecule has 1 aromatic rings. The highest BCUT2D eigenvalue weighted by atomic mass is 14.8. The second-order valence-electron chi connectivity index (χ2n) is 4.45. The largest absolute Gasteiger partial charge is 0.399 e. The van der Waals surface area contributed by atoms with Crippen molar-refractivity contribution in [1.82, 2.24) is 5.32 Å². The fourth-order valence-electron chi connectivity index (χ4n) is 1.56. The topological polar surface area (TPSA) is 38.0 Å². The number of nitrogens with two attached hydrogens (primary N) is 1. The molecule has 0 spiro atoms. The van der Waals surface area contributed by atoms with E-state index in [1.54, 1.807) is 0 Å². The van der Waals surface area contributed by atoms with Crippen LogP contribution in [0.5, 0.6) is 0 Å². The average molecular weight is 206 g/mol. The maximum absolute atomic E-state index is 5.71. The maximum Gasteiger partial charge on any atom is 0.0316 e. The van der Waals surface area contributed by atoms with Crippen LogP contribution in [0.4, 0.5) is 5.69 Å². The van der Waals surface area contributed by atoms with Gasteiger partial charge in [-0.15, -0.1) is 0 Å². The molecule has 0 aromatic heterocycles. The summed E-state index contributed by atoms with van der Waals surface area (Å²) < 4.78 is 0. The predicted molar refractivity (Wildman–Crippen MR) is 66.9 cm³/mol. The molecule has 0 radical (unpaired) electrons. The van der Waals surface area contributed by atoms with Crippen LogP contribution in [0.15, 0.2) is 24.3 Å². The molecule has 0 saturated heterocycles. The van der Waals surface area contributed by atoms with Crippen molar-refractivity contribution < 1.29 is 0 Å². The van der Waals surface area contributed by atoms with Gasteiger partial charge in [0.15, 0.2) is 0 Å². The van der Waals surface area contributed by atoms with Crippen LogP contribution in [0, 0.1) is 5.92 Å². The molecule has 0 unspecified atom stereocenters. The lowest BCUT2D eigenvalue weighted by atomic mass is 10.1. The smallest absolute Gasteiger partial charge is 0.0316 e. The normalized spacial score (nSPS) is 10.9. The lowest BCUT2D eigenvalue weighted by molar-refractivity contribution is 0.543. The first-order chi connectivity index (χ1) is 7.18.